The molecule has 0 amide bonds. The first kappa shape index (κ1) is 16.5. The SMILES string of the molecule is CCC(CCc1ccccc1-n1[nH]c(C)cc1=O)S(=O)(=O)O. The van der Waals surface area contributed by atoms with Crippen molar-refractivity contribution in [2.24, 2.45) is 0 Å². The lowest BCUT2D eigenvalue weighted by Gasteiger charge is -2.14. The molecular weight excluding hydrogens is 304 g/mol. The van der Waals surface area contributed by atoms with Crippen LogP contribution in [0.2, 0.25) is 0 Å². The summed E-state index contributed by atoms with van der Waals surface area (Å²) < 4.78 is 33.2. The number of aromatic amines is 1. The molecule has 2 rings (SSSR count). The zero-order chi connectivity index (χ0) is 16.3. The van der Waals surface area contributed by atoms with E-state index in [1.54, 1.807) is 19.9 Å². The number of para-hydroxylation sites is 1. The number of nitrogens with one attached hydrogen (secondary N) is 1. The molecule has 0 fully saturated rings. The zero-order valence-electron chi connectivity index (χ0n) is 12.6. The van der Waals surface area contributed by atoms with Crippen molar-refractivity contribution in [1.29, 1.82) is 0 Å². The number of H-pyrrole nitrogens is 1. The number of aromatic nitrogens is 2. The predicted octanol–water partition coefficient (Wildman–Crippen LogP) is 2.07. The highest BCUT2D eigenvalue weighted by Crippen LogP contribution is 2.18. The molecular formula is C15H20N2O4S. The molecule has 0 radical (unpaired) electrons. The average Bonchev–Trinajstić information content (AvgIpc) is 2.77. The van der Waals surface area contributed by atoms with E-state index in [9.17, 15) is 17.8 Å². The Labute approximate surface area is 129 Å². The van der Waals surface area contributed by atoms with Crippen LogP contribution in [0.15, 0.2) is 35.1 Å². The molecule has 7 heteroatoms. The molecule has 0 saturated heterocycles. The fourth-order valence-electron chi connectivity index (χ4n) is 2.51. The summed E-state index contributed by atoms with van der Waals surface area (Å²) in [5, 5.41) is 2.18. The molecule has 1 heterocycles. The standard InChI is InChI=1S/C15H20N2O4S/c1-3-13(22(19,20)21)9-8-12-6-4-5-7-14(12)17-15(18)10-11(2)16-17/h4-7,10,13,16H,3,8-9H2,1-2H3,(H,19,20,21). The van der Waals surface area contributed by atoms with E-state index >= 15 is 0 Å². The molecule has 0 spiro atoms. The van der Waals surface area contributed by atoms with Crippen LogP contribution < -0.4 is 5.56 Å². The van der Waals surface area contributed by atoms with Crippen LogP contribution in [-0.4, -0.2) is 28.0 Å². The van der Waals surface area contributed by atoms with Gasteiger partial charge in [-0.2, -0.15) is 8.42 Å². The quantitative estimate of drug-likeness (QED) is 0.796. The summed E-state index contributed by atoms with van der Waals surface area (Å²) in [6.07, 6.45) is 1.11. The van der Waals surface area contributed by atoms with Gasteiger partial charge in [0.15, 0.2) is 0 Å². The van der Waals surface area contributed by atoms with E-state index in [4.69, 9.17) is 0 Å². The number of hydrogen-bond donors (Lipinski definition) is 2. The Balaban J connectivity index is 2.30. The van der Waals surface area contributed by atoms with Gasteiger partial charge in [0, 0.05) is 11.8 Å². The van der Waals surface area contributed by atoms with E-state index in [0.29, 0.717) is 24.9 Å². The Kier molecular flexibility index (Phi) is 4.87. The van der Waals surface area contributed by atoms with Gasteiger partial charge in [0.2, 0.25) is 0 Å². The van der Waals surface area contributed by atoms with E-state index in [0.717, 1.165) is 11.3 Å². The van der Waals surface area contributed by atoms with Gasteiger partial charge in [0.25, 0.3) is 15.7 Å². The predicted molar refractivity (Wildman–Crippen MR) is 85.1 cm³/mol. The van der Waals surface area contributed by atoms with Crippen molar-refractivity contribution in [2.45, 2.75) is 38.4 Å². The van der Waals surface area contributed by atoms with E-state index in [1.165, 1.54) is 10.7 Å². The van der Waals surface area contributed by atoms with E-state index in [1.807, 2.05) is 18.2 Å². The molecule has 1 aromatic carbocycles. The summed E-state index contributed by atoms with van der Waals surface area (Å²) in [6.45, 7) is 3.52. The summed E-state index contributed by atoms with van der Waals surface area (Å²) >= 11 is 0. The number of nitrogens with zero attached hydrogens (tertiary/aromatic N) is 1. The van der Waals surface area contributed by atoms with Gasteiger partial charge in [-0.05, 0) is 37.8 Å². The number of benzene rings is 1. The van der Waals surface area contributed by atoms with Crippen molar-refractivity contribution in [2.75, 3.05) is 0 Å². The summed E-state index contributed by atoms with van der Waals surface area (Å²) in [5.74, 6) is 0. The lowest BCUT2D eigenvalue weighted by atomic mass is 10.1. The average molecular weight is 324 g/mol. The van der Waals surface area contributed by atoms with Crippen molar-refractivity contribution in [3.63, 3.8) is 0 Å². The Hall–Kier alpha value is -1.86. The second-order valence-electron chi connectivity index (χ2n) is 5.33. The van der Waals surface area contributed by atoms with Crippen LogP contribution in [0.3, 0.4) is 0 Å². The van der Waals surface area contributed by atoms with E-state index in [-0.39, 0.29) is 5.56 Å². The van der Waals surface area contributed by atoms with Crippen LogP contribution in [0.1, 0.15) is 31.0 Å². The van der Waals surface area contributed by atoms with Crippen LogP contribution in [0.5, 0.6) is 0 Å². The summed E-state index contributed by atoms with van der Waals surface area (Å²) in [4.78, 5) is 11.9. The maximum atomic E-state index is 11.9. The van der Waals surface area contributed by atoms with Crippen LogP contribution in [0.4, 0.5) is 0 Å². The minimum Gasteiger partial charge on any atom is -0.295 e. The van der Waals surface area contributed by atoms with E-state index < -0.39 is 15.4 Å². The minimum atomic E-state index is -4.04. The number of rotatable bonds is 6. The molecule has 6 nitrogen and oxygen atoms in total. The molecule has 0 aliphatic heterocycles. The fourth-order valence-corrected chi connectivity index (χ4v) is 3.35. The Morgan fingerprint density at radius 3 is 2.55 bits per heavy atom. The zero-order valence-corrected chi connectivity index (χ0v) is 13.4. The third-order valence-corrected chi connectivity index (χ3v) is 5.10. The second kappa shape index (κ2) is 6.50. The van der Waals surface area contributed by atoms with Crippen LogP contribution in [0.25, 0.3) is 5.69 Å². The van der Waals surface area contributed by atoms with Crippen molar-refractivity contribution in [1.82, 2.24) is 9.78 Å². The van der Waals surface area contributed by atoms with Crippen molar-refractivity contribution in [3.05, 3.63) is 51.9 Å². The molecule has 2 N–H and O–H groups in total. The lowest BCUT2D eigenvalue weighted by molar-refractivity contribution is 0.459. The highest BCUT2D eigenvalue weighted by Gasteiger charge is 2.21. The molecule has 0 bridgehead atoms. The molecule has 120 valence electrons. The summed E-state index contributed by atoms with van der Waals surface area (Å²) in [7, 11) is -4.04. The monoisotopic (exact) mass is 324 g/mol. The topological polar surface area (TPSA) is 92.2 Å². The highest BCUT2D eigenvalue weighted by atomic mass is 32.2. The minimum absolute atomic E-state index is 0.160. The van der Waals surface area contributed by atoms with Crippen molar-refractivity contribution >= 4 is 10.1 Å². The van der Waals surface area contributed by atoms with E-state index in [2.05, 4.69) is 5.10 Å². The molecule has 0 aliphatic rings. The maximum Gasteiger partial charge on any atom is 0.271 e. The Bertz CT molecular complexity index is 805. The van der Waals surface area contributed by atoms with Gasteiger partial charge >= 0.3 is 0 Å². The van der Waals surface area contributed by atoms with Gasteiger partial charge in [0.05, 0.1) is 10.9 Å². The lowest BCUT2D eigenvalue weighted by Crippen LogP contribution is -2.21. The largest absolute Gasteiger partial charge is 0.295 e. The van der Waals surface area contributed by atoms with Gasteiger partial charge in [-0.15, -0.1) is 0 Å². The van der Waals surface area contributed by atoms with Gasteiger partial charge in [-0.25, -0.2) is 4.68 Å². The third kappa shape index (κ3) is 3.66. The van der Waals surface area contributed by atoms with Crippen LogP contribution in [-0.2, 0) is 16.5 Å². The Morgan fingerprint density at radius 2 is 2.00 bits per heavy atom. The first-order valence-electron chi connectivity index (χ1n) is 7.16. The molecule has 1 atom stereocenters. The highest BCUT2D eigenvalue weighted by molar-refractivity contribution is 7.86. The van der Waals surface area contributed by atoms with Crippen LogP contribution in [0, 0.1) is 6.92 Å². The fraction of sp³-hybridized carbons (Fsp3) is 0.400. The van der Waals surface area contributed by atoms with Gasteiger partial charge in [-0.3, -0.25) is 14.4 Å². The smallest absolute Gasteiger partial charge is 0.271 e. The molecule has 2 aromatic rings. The molecule has 1 aromatic heterocycles. The van der Waals surface area contributed by atoms with Crippen molar-refractivity contribution in [3.8, 4) is 5.69 Å². The molecule has 22 heavy (non-hydrogen) atoms. The summed E-state index contributed by atoms with van der Waals surface area (Å²) in [6, 6.07) is 8.83. The third-order valence-electron chi connectivity index (χ3n) is 3.69. The van der Waals surface area contributed by atoms with Crippen LogP contribution >= 0.6 is 0 Å². The van der Waals surface area contributed by atoms with Gasteiger partial charge in [-0.1, -0.05) is 25.1 Å². The molecule has 1 unspecified atom stereocenters. The van der Waals surface area contributed by atoms with Crippen molar-refractivity contribution < 1.29 is 13.0 Å². The summed E-state index contributed by atoms with van der Waals surface area (Å²) in [5.41, 5.74) is 2.15. The van der Waals surface area contributed by atoms with Gasteiger partial charge < -0.3 is 0 Å². The first-order valence-corrected chi connectivity index (χ1v) is 8.66. The first-order chi connectivity index (χ1) is 10.3. The number of aryl methyl sites for hydroxylation is 2. The number of hydrogen-bond acceptors (Lipinski definition) is 3. The molecule has 0 saturated carbocycles. The van der Waals surface area contributed by atoms with Gasteiger partial charge in [0.1, 0.15) is 0 Å². The maximum absolute atomic E-state index is 11.9. The second-order valence-corrected chi connectivity index (χ2v) is 7.02. The molecule has 0 aliphatic carbocycles. The normalized spacial score (nSPS) is 13.2. The Morgan fingerprint density at radius 1 is 1.32 bits per heavy atom.